The van der Waals surface area contributed by atoms with Gasteiger partial charge in [0.1, 0.15) is 17.2 Å². The number of nitrogens with zero attached hydrogens (tertiary/aromatic N) is 1. The van der Waals surface area contributed by atoms with Crippen molar-refractivity contribution in [1.29, 1.82) is 0 Å². The van der Waals surface area contributed by atoms with Crippen LogP contribution in [-0.4, -0.2) is 27.9 Å². The van der Waals surface area contributed by atoms with Gasteiger partial charge in [0, 0.05) is 18.7 Å². The number of aromatic amines is 1. The SMILES string of the molecule is Cn1c(N)c(C(=O)COC(=O)/C=C/c2ccccc2F)c(=O)[nH]c1=O. The number of ketones is 1. The zero-order valence-electron chi connectivity index (χ0n) is 13.1. The monoisotopic (exact) mass is 347 g/mol. The number of hydrogen-bond acceptors (Lipinski definition) is 6. The lowest BCUT2D eigenvalue weighted by Gasteiger charge is -2.07. The van der Waals surface area contributed by atoms with Crippen molar-refractivity contribution in [2.75, 3.05) is 12.3 Å². The van der Waals surface area contributed by atoms with E-state index in [9.17, 15) is 23.6 Å². The van der Waals surface area contributed by atoms with E-state index in [4.69, 9.17) is 10.5 Å². The Kier molecular flexibility index (Phi) is 5.28. The molecule has 1 aromatic carbocycles. The number of aromatic nitrogens is 2. The lowest BCUT2D eigenvalue weighted by atomic mass is 10.2. The van der Waals surface area contributed by atoms with Crippen LogP contribution in [-0.2, 0) is 16.6 Å². The molecule has 0 aliphatic carbocycles. The Bertz CT molecular complexity index is 974. The van der Waals surface area contributed by atoms with E-state index < -0.39 is 41.0 Å². The van der Waals surface area contributed by atoms with Crippen LogP contribution in [0.1, 0.15) is 15.9 Å². The minimum Gasteiger partial charge on any atom is -0.454 e. The molecule has 130 valence electrons. The van der Waals surface area contributed by atoms with Gasteiger partial charge in [-0.2, -0.15) is 0 Å². The number of nitrogens with one attached hydrogen (secondary N) is 1. The van der Waals surface area contributed by atoms with Crippen LogP contribution >= 0.6 is 0 Å². The van der Waals surface area contributed by atoms with Crippen LogP contribution in [0.25, 0.3) is 6.08 Å². The van der Waals surface area contributed by atoms with Gasteiger partial charge in [0.25, 0.3) is 5.56 Å². The van der Waals surface area contributed by atoms with E-state index in [1.54, 1.807) is 6.07 Å². The molecule has 0 spiro atoms. The topological polar surface area (TPSA) is 124 Å². The highest BCUT2D eigenvalue weighted by Gasteiger charge is 2.19. The Balaban J connectivity index is 2.07. The predicted octanol–water partition coefficient (Wildman–Crippen LogP) is 0.234. The largest absolute Gasteiger partial charge is 0.454 e. The maximum Gasteiger partial charge on any atom is 0.331 e. The first-order valence-corrected chi connectivity index (χ1v) is 7.02. The molecule has 0 aliphatic rings. The lowest BCUT2D eigenvalue weighted by molar-refractivity contribution is -0.136. The molecule has 0 aliphatic heterocycles. The summed E-state index contributed by atoms with van der Waals surface area (Å²) in [4.78, 5) is 48.5. The fraction of sp³-hybridized carbons (Fsp3) is 0.125. The fourth-order valence-electron chi connectivity index (χ4n) is 1.93. The molecule has 8 nitrogen and oxygen atoms in total. The van der Waals surface area contributed by atoms with Gasteiger partial charge in [-0.3, -0.25) is 19.1 Å². The summed E-state index contributed by atoms with van der Waals surface area (Å²) in [5.41, 5.74) is 3.52. The predicted molar refractivity (Wildman–Crippen MR) is 87.4 cm³/mol. The van der Waals surface area contributed by atoms with Crippen LogP contribution in [0.5, 0.6) is 0 Å². The van der Waals surface area contributed by atoms with E-state index in [1.807, 2.05) is 4.98 Å². The Morgan fingerprint density at radius 1 is 1.32 bits per heavy atom. The van der Waals surface area contributed by atoms with Crippen LogP contribution in [0.2, 0.25) is 0 Å². The Morgan fingerprint density at radius 2 is 2.00 bits per heavy atom. The molecule has 0 saturated carbocycles. The third-order valence-electron chi connectivity index (χ3n) is 3.30. The molecule has 2 rings (SSSR count). The second kappa shape index (κ2) is 7.39. The number of carbonyl (C=O) groups excluding carboxylic acids is 2. The van der Waals surface area contributed by atoms with Gasteiger partial charge in [-0.25, -0.2) is 14.0 Å². The molecule has 9 heteroatoms. The van der Waals surface area contributed by atoms with Crippen LogP contribution < -0.4 is 17.0 Å². The number of hydrogen-bond donors (Lipinski definition) is 2. The number of Topliss-reactive ketones (excluding diaryl/α,β-unsaturated/α-hetero) is 1. The highest BCUT2D eigenvalue weighted by molar-refractivity contribution is 6.01. The fourth-order valence-corrected chi connectivity index (χ4v) is 1.93. The number of ether oxygens (including phenoxy) is 1. The lowest BCUT2D eigenvalue weighted by Crippen LogP contribution is -2.35. The van der Waals surface area contributed by atoms with Crippen molar-refractivity contribution in [1.82, 2.24) is 9.55 Å². The van der Waals surface area contributed by atoms with Gasteiger partial charge in [-0.15, -0.1) is 0 Å². The first-order valence-electron chi connectivity index (χ1n) is 7.02. The van der Waals surface area contributed by atoms with Crippen molar-refractivity contribution in [3.63, 3.8) is 0 Å². The summed E-state index contributed by atoms with van der Waals surface area (Å²) >= 11 is 0. The second-order valence-corrected chi connectivity index (χ2v) is 4.96. The van der Waals surface area contributed by atoms with Gasteiger partial charge in [-0.05, 0) is 12.1 Å². The molecular weight excluding hydrogens is 333 g/mol. The number of H-pyrrole nitrogens is 1. The van der Waals surface area contributed by atoms with E-state index in [0.29, 0.717) is 0 Å². The van der Waals surface area contributed by atoms with Gasteiger partial charge in [-0.1, -0.05) is 18.2 Å². The van der Waals surface area contributed by atoms with Gasteiger partial charge in [0.05, 0.1) is 0 Å². The molecule has 0 saturated heterocycles. The molecule has 0 unspecified atom stereocenters. The van der Waals surface area contributed by atoms with Crippen molar-refractivity contribution in [3.8, 4) is 0 Å². The van der Waals surface area contributed by atoms with Crippen LogP contribution in [0.3, 0.4) is 0 Å². The average Bonchev–Trinajstić information content (AvgIpc) is 2.57. The van der Waals surface area contributed by atoms with Crippen molar-refractivity contribution < 1.29 is 18.7 Å². The molecule has 0 radical (unpaired) electrons. The van der Waals surface area contributed by atoms with Crippen LogP contribution in [0.15, 0.2) is 39.9 Å². The molecule has 0 bridgehead atoms. The minimum absolute atomic E-state index is 0.171. The molecule has 25 heavy (non-hydrogen) atoms. The smallest absolute Gasteiger partial charge is 0.331 e. The zero-order valence-corrected chi connectivity index (χ0v) is 13.1. The van der Waals surface area contributed by atoms with E-state index in [-0.39, 0.29) is 11.4 Å². The minimum atomic E-state index is -0.969. The Morgan fingerprint density at radius 3 is 2.68 bits per heavy atom. The molecule has 0 amide bonds. The van der Waals surface area contributed by atoms with Gasteiger partial charge >= 0.3 is 11.7 Å². The number of halogens is 1. The Hall–Kier alpha value is -3.49. The molecule has 2 aromatic rings. The molecule has 1 aromatic heterocycles. The quantitative estimate of drug-likeness (QED) is 0.453. The summed E-state index contributed by atoms with van der Waals surface area (Å²) < 4.78 is 19.0. The second-order valence-electron chi connectivity index (χ2n) is 4.96. The molecular formula is C16H14FN3O5. The molecule has 0 fully saturated rings. The van der Waals surface area contributed by atoms with Gasteiger partial charge < -0.3 is 10.5 Å². The number of anilines is 1. The van der Waals surface area contributed by atoms with Crippen LogP contribution in [0.4, 0.5) is 10.2 Å². The summed E-state index contributed by atoms with van der Waals surface area (Å²) in [7, 11) is 1.27. The molecule has 0 atom stereocenters. The maximum absolute atomic E-state index is 13.4. The van der Waals surface area contributed by atoms with E-state index >= 15 is 0 Å². The maximum atomic E-state index is 13.4. The summed E-state index contributed by atoms with van der Waals surface area (Å²) in [6.07, 6.45) is 2.13. The summed E-state index contributed by atoms with van der Waals surface area (Å²) in [5.74, 6) is -2.64. The summed E-state index contributed by atoms with van der Waals surface area (Å²) in [6, 6.07) is 5.77. The number of rotatable bonds is 5. The number of esters is 1. The van der Waals surface area contributed by atoms with Crippen molar-refractivity contribution in [3.05, 3.63) is 68.1 Å². The summed E-state index contributed by atoms with van der Waals surface area (Å²) in [6.45, 7) is -0.758. The number of benzene rings is 1. The van der Waals surface area contributed by atoms with Crippen molar-refractivity contribution in [2.45, 2.75) is 0 Å². The highest BCUT2D eigenvalue weighted by Crippen LogP contribution is 2.08. The molecule has 1 heterocycles. The highest BCUT2D eigenvalue weighted by atomic mass is 19.1. The average molecular weight is 347 g/mol. The molecule has 3 N–H and O–H groups in total. The third-order valence-corrected chi connectivity index (χ3v) is 3.30. The zero-order chi connectivity index (χ0) is 18.6. The first-order chi connectivity index (χ1) is 11.8. The number of carbonyl (C=O) groups is 2. The van der Waals surface area contributed by atoms with Gasteiger partial charge in [0.2, 0.25) is 5.78 Å². The number of nitrogens with two attached hydrogens (primary N) is 1. The third kappa shape index (κ3) is 4.08. The van der Waals surface area contributed by atoms with E-state index in [0.717, 1.165) is 10.6 Å². The van der Waals surface area contributed by atoms with Crippen molar-refractivity contribution >= 4 is 23.6 Å². The first kappa shape index (κ1) is 17.9. The van der Waals surface area contributed by atoms with Gasteiger partial charge in [0.15, 0.2) is 6.61 Å². The standard InChI is InChI=1S/C16H14FN3O5/c1-20-14(18)13(15(23)19-16(20)24)11(21)8-25-12(22)7-6-9-4-2-3-5-10(9)17/h2-7H,8,18H2,1H3,(H,19,23,24)/b7-6+. The van der Waals surface area contributed by atoms with Crippen LogP contribution in [0, 0.1) is 5.82 Å². The van der Waals surface area contributed by atoms with E-state index in [2.05, 4.69) is 0 Å². The normalized spacial score (nSPS) is 10.8. The van der Waals surface area contributed by atoms with E-state index in [1.165, 1.54) is 31.3 Å². The number of nitrogen functional groups attached to an aromatic ring is 1. The summed E-state index contributed by atoms with van der Waals surface area (Å²) in [5, 5.41) is 0. The Labute approximate surface area is 140 Å². The van der Waals surface area contributed by atoms with Crippen molar-refractivity contribution in [2.24, 2.45) is 7.05 Å².